The zero-order valence-corrected chi connectivity index (χ0v) is 20.7. The van der Waals surface area contributed by atoms with E-state index in [0.29, 0.717) is 0 Å². The standard InChI is InChI=1S/C23H25ClF2N2O7S/c1-3-15(28-23(31)13-35-20-7-4-14(25)8-21(20)36(2,32)33)9-16(29)11-27-22(30)12-34-17-5-6-18(24)19(26)10-17/h3-8,10,15-16,29H,1,9,11-13H2,2H3,(H,27,30)(H,28,31)/t15?,16-/m0/s1. The van der Waals surface area contributed by atoms with Crippen LogP contribution in [0.15, 0.2) is 53.9 Å². The summed E-state index contributed by atoms with van der Waals surface area (Å²) in [6.45, 7) is 2.41. The summed E-state index contributed by atoms with van der Waals surface area (Å²) >= 11 is 5.57. The Balaban J connectivity index is 1.78. The lowest BCUT2D eigenvalue weighted by Crippen LogP contribution is -2.42. The van der Waals surface area contributed by atoms with E-state index in [2.05, 4.69) is 17.2 Å². The monoisotopic (exact) mass is 546 g/mol. The molecule has 2 atom stereocenters. The van der Waals surface area contributed by atoms with Crippen LogP contribution in [0.2, 0.25) is 5.02 Å². The van der Waals surface area contributed by atoms with Crippen LogP contribution in [0, 0.1) is 11.6 Å². The Hall–Kier alpha value is -3.22. The molecular formula is C23H25ClF2N2O7S. The van der Waals surface area contributed by atoms with E-state index < -0.39 is 63.5 Å². The lowest BCUT2D eigenvalue weighted by Gasteiger charge is -2.19. The minimum Gasteiger partial charge on any atom is -0.484 e. The van der Waals surface area contributed by atoms with Gasteiger partial charge in [-0.2, -0.15) is 0 Å². The van der Waals surface area contributed by atoms with Gasteiger partial charge in [0, 0.05) is 24.9 Å². The van der Waals surface area contributed by atoms with E-state index in [0.717, 1.165) is 30.5 Å². The summed E-state index contributed by atoms with van der Waals surface area (Å²) in [7, 11) is -3.80. The zero-order chi connectivity index (χ0) is 26.9. The number of aliphatic hydroxyl groups is 1. The summed E-state index contributed by atoms with van der Waals surface area (Å²) in [5, 5.41) is 15.1. The highest BCUT2D eigenvalue weighted by molar-refractivity contribution is 7.90. The van der Waals surface area contributed by atoms with Gasteiger partial charge in [0.05, 0.1) is 11.1 Å². The van der Waals surface area contributed by atoms with E-state index in [9.17, 15) is 31.9 Å². The van der Waals surface area contributed by atoms with Crippen LogP contribution >= 0.6 is 11.6 Å². The number of benzene rings is 2. The number of hydrogen-bond donors (Lipinski definition) is 3. The molecule has 0 fully saturated rings. The number of halogens is 3. The van der Waals surface area contributed by atoms with Gasteiger partial charge in [-0.25, -0.2) is 17.2 Å². The number of carbonyl (C=O) groups excluding carboxylic acids is 2. The van der Waals surface area contributed by atoms with E-state index in [1.165, 1.54) is 18.2 Å². The fraction of sp³-hybridized carbons (Fsp3) is 0.304. The van der Waals surface area contributed by atoms with Crippen molar-refractivity contribution in [1.29, 1.82) is 0 Å². The molecule has 0 aromatic heterocycles. The van der Waals surface area contributed by atoms with Gasteiger partial charge in [0.15, 0.2) is 23.1 Å². The number of amides is 2. The van der Waals surface area contributed by atoms with Crippen LogP contribution in [0.4, 0.5) is 8.78 Å². The predicted molar refractivity (Wildman–Crippen MR) is 128 cm³/mol. The van der Waals surface area contributed by atoms with Gasteiger partial charge in [-0.3, -0.25) is 9.59 Å². The molecule has 1 unspecified atom stereocenters. The molecule has 3 N–H and O–H groups in total. The highest BCUT2D eigenvalue weighted by Gasteiger charge is 2.19. The lowest BCUT2D eigenvalue weighted by molar-refractivity contribution is -0.124. The maximum atomic E-state index is 13.4. The average Bonchev–Trinajstić information content (AvgIpc) is 2.81. The molecule has 0 radical (unpaired) electrons. The third-order valence-electron chi connectivity index (χ3n) is 4.62. The van der Waals surface area contributed by atoms with E-state index >= 15 is 0 Å². The number of sulfone groups is 1. The smallest absolute Gasteiger partial charge is 0.258 e. The number of ether oxygens (including phenoxy) is 2. The molecule has 2 amide bonds. The molecule has 2 aromatic carbocycles. The average molecular weight is 547 g/mol. The fourth-order valence-electron chi connectivity index (χ4n) is 2.87. The van der Waals surface area contributed by atoms with Crippen molar-refractivity contribution >= 4 is 33.3 Å². The predicted octanol–water partition coefficient (Wildman–Crippen LogP) is 2.02. The SMILES string of the molecule is C=CC(C[C@H](O)CNC(=O)COc1ccc(Cl)c(F)c1)NC(=O)COc1ccc(F)cc1S(C)(=O)=O. The molecule has 0 saturated carbocycles. The van der Waals surface area contributed by atoms with Gasteiger partial charge < -0.3 is 25.2 Å². The number of aliphatic hydroxyl groups excluding tert-OH is 1. The molecule has 2 rings (SSSR count). The molecule has 9 nitrogen and oxygen atoms in total. The molecule has 2 aromatic rings. The van der Waals surface area contributed by atoms with Gasteiger partial charge in [-0.1, -0.05) is 17.7 Å². The van der Waals surface area contributed by atoms with Gasteiger partial charge in [-0.15, -0.1) is 6.58 Å². The first kappa shape index (κ1) is 29.0. The minimum absolute atomic E-state index is 0.0100. The Bertz CT molecular complexity index is 1210. The van der Waals surface area contributed by atoms with Gasteiger partial charge in [0.2, 0.25) is 0 Å². The first-order valence-corrected chi connectivity index (χ1v) is 12.7. The highest BCUT2D eigenvalue weighted by Crippen LogP contribution is 2.24. The molecule has 0 aliphatic rings. The third-order valence-corrected chi connectivity index (χ3v) is 6.04. The maximum Gasteiger partial charge on any atom is 0.258 e. The van der Waals surface area contributed by atoms with E-state index in [1.807, 2.05) is 0 Å². The summed E-state index contributed by atoms with van der Waals surface area (Å²) < 4.78 is 60.8. The molecule has 13 heteroatoms. The molecular weight excluding hydrogens is 522 g/mol. The van der Waals surface area contributed by atoms with Gasteiger partial charge in [-0.05, 0) is 36.8 Å². The van der Waals surface area contributed by atoms with Crippen molar-refractivity contribution in [2.45, 2.75) is 23.5 Å². The normalized spacial score (nSPS) is 12.8. The Labute approximate surface area is 212 Å². The van der Waals surface area contributed by atoms with Gasteiger partial charge in [0.25, 0.3) is 11.8 Å². The summed E-state index contributed by atoms with van der Waals surface area (Å²) in [5.74, 6) is -2.77. The van der Waals surface area contributed by atoms with Gasteiger partial charge in [0.1, 0.15) is 28.0 Å². The largest absolute Gasteiger partial charge is 0.484 e. The Kier molecular flexibility index (Phi) is 10.6. The Morgan fingerprint density at radius 2 is 1.83 bits per heavy atom. The maximum absolute atomic E-state index is 13.4. The van der Waals surface area contributed by atoms with Crippen molar-refractivity contribution in [2.75, 3.05) is 26.0 Å². The second kappa shape index (κ2) is 13.2. The van der Waals surface area contributed by atoms with Crippen molar-refractivity contribution in [3.63, 3.8) is 0 Å². The van der Waals surface area contributed by atoms with Crippen molar-refractivity contribution in [3.8, 4) is 11.5 Å². The van der Waals surface area contributed by atoms with E-state index in [-0.39, 0.29) is 29.5 Å². The number of hydrogen-bond acceptors (Lipinski definition) is 7. The van der Waals surface area contributed by atoms with Crippen molar-refractivity contribution in [1.82, 2.24) is 10.6 Å². The van der Waals surface area contributed by atoms with Crippen molar-refractivity contribution in [2.24, 2.45) is 0 Å². The second-order valence-electron chi connectivity index (χ2n) is 7.62. The molecule has 0 aliphatic heterocycles. The second-order valence-corrected chi connectivity index (χ2v) is 10.0. The van der Waals surface area contributed by atoms with Crippen LogP contribution in [-0.2, 0) is 19.4 Å². The quantitative estimate of drug-likeness (QED) is 0.328. The molecule has 36 heavy (non-hydrogen) atoms. The topological polar surface area (TPSA) is 131 Å². The lowest BCUT2D eigenvalue weighted by atomic mass is 10.1. The van der Waals surface area contributed by atoms with Crippen LogP contribution in [-0.4, -0.2) is 63.5 Å². The molecule has 0 spiro atoms. The summed E-state index contributed by atoms with van der Waals surface area (Å²) in [4.78, 5) is 23.7. The molecule has 0 heterocycles. The summed E-state index contributed by atoms with van der Waals surface area (Å²) in [5.41, 5.74) is 0. The summed E-state index contributed by atoms with van der Waals surface area (Å²) in [6, 6.07) is 5.90. The first-order chi connectivity index (χ1) is 16.9. The Morgan fingerprint density at radius 1 is 1.14 bits per heavy atom. The van der Waals surface area contributed by atoms with E-state index in [1.54, 1.807) is 0 Å². The molecule has 0 saturated heterocycles. The molecule has 0 aliphatic carbocycles. The van der Waals surface area contributed by atoms with Crippen LogP contribution < -0.4 is 20.1 Å². The van der Waals surface area contributed by atoms with Crippen molar-refractivity contribution < 1.29 is 41.4 Å². The van der Waals surface area contributed by atoms with Crippen LogP contribution in [0.1, 0.15) is 6.42 Å². The van der Waals surface area contributed by atoms with Crippen LogP contribution in [0.25, 0.3) is 0 Å². The molecule has 0 bridgehead atoms. The number of nitrogens with one attached hydrogen (secondary N) is 2. The summed E-state index contributed by atoms with van der Waals surface area (Å²) in [6.07, 6.45) is 1.16. The fourth-order valence-corrected chi connectivity index (χ4v) is 3.81. The number of carbonyl (C=O) groups is 2. The molecule has 196 valence electrons. The third kappa shape index (κ3) is 9.44. The van der Waals surface area contributed by atoms with Crippen LogP contribution in [0.5, 0.6) is 11.5 Å². The highest BCUT2D eigenvalue weighted by atomic mass is 35.5. The van der Waals surface area contributed by atoms with Gasteiger partial charge >= 0.3 is 0 Å². The Morgan fingerprint density at radius 3 is 2.47 bits per heavy atom. The van der Waals surface area contributed by atoms with Crippen molar-refractivity contribution in [3.05, 3.63) is 65.7 Å². The van der Waals surface area contributed by atoms with Crippen LogP contribution in [0.3, 0.4) is 0 Å². The first-order valence-electron chi connectivity index (χ1n) is 10.5. The minimum atomic E-state index is -3.80. The van der Waals surface area contributed by atoms with E-state index in [4.69, 9.17) is 21.1 Å². The zero-order valence-electron chi connectivity index (χ0n) is 19.2. The number of rotatable bonds is 13.